The van der Waals surface area contributed by atoms with Crippen molar-refractivity contribution in [2.75, 3.05) is 0 Å². The molecule has 0 saturated carbocycles. The van der Waals surface area contributed by atoms with Gasteiger partial charge in [0, 0.05) is 6.07 Å². The van der Waals surface area contributed by atoms with Crippen LogP contribution in [-0.4, -0.2) is 25.9 Å². The van der Waals surface area contributed by atoms with Gasteiger partial charge in [-0.05, 0) is 35.0 Å². The van der Waals surface area contributed by atoms with Gasteiger partial charge in [-0.3, -0.25) is 9.11 Å². The maximum atomic E-state index is 10.9. The Morgan fingerprint density at radius 3 is 2.11 bits per heavy atom. The number of hydrogen-bond acceptors (Lipinski definition) is 4. The molecule has 0 atom stereocenters. The topological polar surface area (TPSA) is 109 Å². The largest absolute Gasteiger partial charge is 0.295 e. The summed E-state index contributed by atoms with van der Waals surface area (Å²) in [6.07, 6.45) is 0. The molecule has 1 radical (unpaired) electrons. The molecule has 0 aliphatic carbocycles. The molecule has 2 N–H and O–H groups in total. The van der Waals surface area contributed by atoms with E-state index in [1.807, 2.05) is 0 Å². The predicted octanol–water partition coefficient (Wildman–Crippen LogP) is 1.13. The minimum Gasteiger partial charge on any atom is -0.282 e. The van der Waals surface area contributed by atoms with Crippen molar-refractivity contribution in [3.8, 4) is 0 Å². The second-order valence-electron chi connectivity index (χ2n) is 3.54. The Balaban J connectivity index is 2.76. The average molecular weight is 287 g/mol. The van der Waals surface area contributed by atoms with Gasteiger partial charge in [0.15, 0.2) is 0 Å². The van der Waals surface area contributed by atoms with E-state index < -0.39 is 25.1 Å². The van der Waals surface area contributed by atoms with E-state index >= 15 is 0 Å². The third kappa shape index (κ3) is 2.51. The highest BCUT2D eigenvalue weighted by Crippen LogP contribution is 2.22. The molecule has 2 rings (SSSR count). The van der Waals surface area contributed by atoms with Gasteiger partial charge in [-0.1, -0.05) is 6.07 Å². The van der Waals surface area contributed by atoms with E-state index in [1.54, 1.807) is 0 Å². The SMILES string of the molecule is O=S(=O)(O)c1[c]cc2ccc(S(=O)(=O)O)cc2c1. The van der Waals surface area contributed by atoms with Crippen LogP contribution in [-0.2, 0) is 20.2 Å². The molecule has 0 spiro atoms. The predicted molar refractivity (Wildman–Crippen MR) is 62.4 cm³/mol. The van der Waals surface area contributed by atoms with E-state index in [-0.39, 0.29) is 10.3 Å². The summed E-state index contributed by atoms with van der Waals surface area (Å²) < 4.78 is 61.4. The van der Waals surface area contributed by atoms with Crippen LogP contribution in [0.3, 0.4) is 0 Å². The van der Waals surface area contributed by atoms with Gasteiger partial charge < -0.3 is 0 Å². The fraction of sp³-hybridized carbons (Fsp3) is 0. The average Bonchev–Trinajstić information content (AvgIpc) is 2.25. The molecule has 0 aliphatic heterocycles. The standard InChI is InChI=1S/C10H7O6S2/c11-17(12,13)9-3-1-7-2-4-10(18(14,15)16)6-8(7)5-9/h1-3,5-6H,(H,11,12,13)(H,14,15,16). The molecule has 0 aromatic heterocycles. The van der Waals surface area contributed by atoms with Gasteiger partial charge in [-0.25, -0.2) is 0 Å². The van der Waals surface area contributed by atoms with Gasteiger partial charge in [-0.2, -0.15) is 16.8 Å². The number of fused-ring (bicyclic) bond motifs is 1. The zero-order valence-electron chi connectivity index (χ0n) is 8.73. The lowest BCUT2D eigenvalue weighted by molar-refractivity contribution is 0.481. The Hall–Kier alpha value is -1.48. The van der Waals surface area contributed by atoms with Crippen molar-refractivity contribution in [1.29, 1.82) is 0 Å². The Bertz CT molecular complexity index is 754. The lowest BCUT2D eigenvalue weighted by Crippen LogP contribution is -1.99. The van der Waals surface area contributed by atoms with Crippen LogP contribution < -0.4 is 0 Å². The molecule has 8 heteroatoms. The van der Waals surface area contributed by atoms with Gasteiger partial charge in [0.2, 0.25) is 0 Å². The van der Waals surface area contributed by atoms with Crippen LogP contribution in [0.4, 0.5) is 0 Å². The lowest BCUT2D eigenvalue weighted by atomic mass is 10.1. The first-order valence-electron chi connectivity index (χ1n) is 4.58. The highest BCUT2D eigenvalue weighted by molar-refractivity contribution is 7.86. The molecule has 0 bridgehead atoms. The van der Waals surface area contributed by atoms with Crippen molar-refractivity contribution in [3.63, 3.8) is 0 Å². The molecule has 2 aromatic carbocycles. The number of benzene rings is 2. The van der Waals surface area contributed by atoms with Crippen LogP contribution in [0.5, 0.6) is 0 Å². The van der Waals surface area contributed by atoms with Crippen LogP contribution in [0.1, 0.15) is 0 Å². The molecule has 18 heavy (non-hydrogen) atoms. The molecular weight excluding hydrogens is 280 g/mol. The Morgan fingerprint density at radius 1 is 0.889 bits per heavy atom. The highest BCUT2D eigenvalue weighted by atomic mass is 32.2. The quantitative estimate of drug-likeness (QED) is 0.801. The summed E-state index contributed by atoms with van der Waals surface area (Å²) in [6.45, 7) is 0. The molecule has 95 valence electrons. The van der Waals surface area contributed by atoms with Crippen LogP contribution >= 0.6 is 0 Å². The molecule has 6 nitrogen and oxygen atoms in total. The summed E-state index contributed by atoms with van der Waals surface area (Å²) in [7, 11) is -8.77. The summed E-state index contributed by atoms with van der Waals surface area (Å²) in [5.41, 5.74) is 0. The third-order valence-corrected chi connectivity index (χ3v) is 3.93. The monoisotopic (exact) mass is 287 g/mol. The van der Waals surface area contributed by atoms with Crippen molar-refractivity contribution in [3.05, 3.63) is 36.4 Å². The van der Waals surface area contributed by atoms with Gasteiger partial charge in [0.05, 0.1) is 4.90 Å². The van der Waals surface area contributed by atoms with Crippen LogP contribution in [0.15, 0.2) is 40.1 Å². The maximum Gasteiger partial charge on any atom is 0.295 e. The lowest BCUT2D eigenvalue weighted by Gasteiger charge is -2.02. The summed E-state index contributed by atoms with van der Waals surface area (Å²) in [6, 6.07) is 8.40. The van der Waals surface area contributed by atoms with Crippen molar-refractivity contribution >= 4 is 31.0 Å². The summed E-state index contributed by atoms with van der Waals surface area (Å²) in [5, 5.41) is 0.770. The molecule has 0 unspecified atom stereocenters. The van der Waals surface area contributed by atoms with Gasteiger partial charge in [0.1, 0.15) is 4.90 Å². The molecule has 0 fully saturated rings. The van der Waals surface area contributed by atoms with Crippen molar-refractivity contribution in [1.82, 2.24) is 0 Å². The van der Waals surface area contributed by atoms with Gasteiger partial charge in [0.25, 0.3) is 20.2 Å². The van der Waals surface area contributed by atoms with Gasteiger partial charge in [-0.15, -0.1) is 0 Å². The smallest absolute Gasteiger partial charge is 0.282 e. The third-order valence-electron chi connectivity index (χ3n) is 2.29. The summed E-state index contributed by atoms with van der Waals surface area (Å²) >= 11 is 0. The fourth-order valence-corrected chi connectivity index (χ4v) is 2.45. The molecule has 0 saturated heterocycles. The minimum absolute atomic E-state index is 0.247. The summed E-state index contributed by atoms with van der Waals surface area (Å²) in [4.78, 5) is -0.829. The maximum absolute atomic E-state index is 10.9. The van der Waals surface area contributed by atoms with Crippen molar-refractivity contribution in [2.45, 2.75) is 9.79 Å². The normalized spacial score (nSPS) is 12.8. The zero-order valence-corrected chi connectivity index (χ0v) is 10.4. The van der Waals surface area contributed by atoms with Crippen LogP contribution in [0, 0.1) is 6.07 Å². The first kappa shape index (κ1) is 13.0. The van der Waals surface area contributed by atoms with Crippen LogP contribution in [0.2, 0.25) is 0 Å². The Morgan fingerprint density at radius 2 is 1.56 bits per heavy atom. The minimum atomic E-state index is -4.41. The van der Waals surface area contributed by atoms with E-state index in [2.05, 4.69) is 6.07 Å². The van der Waals surface area contributed by atoms with E-state index in [1.165, 1.54) is 18.2 Å². The van der Waals surface area contributed by atoms with E-state index in [4.69, 9.17) is 9.11 Å². The first-order valence-corrected chi connectivity index (χ1v) is 7.46. The Labute approximate surface area is 103 Å². The van der Waals surface area contributed by atoms with E-state index in [0.717, 1.165) is 12.1 Å². The molecule has 0 aliphatic rings. The Kier molecular flexibility index (Phi) is 2.90. The summed E-state index contributed by atoms with van der Waals surface area (Å²) in [5.74, 6) is 0. The number of hydrogen-bond donors (Lipinski definition) is 2. The van der Waals surface area contributed by atoms with E-state index in [9.17, 15) is 16.8 Å². The van der Waals surface area contributed by atoms with Gasteiger partial charge >= 0.3 is 0 Å². The molecular formula is C10H7O6S2. The van der Waals surface area contributed by atoms with Crippen LogP contribution in [0.25, 0.3) is 10.8 Å². The number of rotatable bonds is 2. The molecule has 0 heterocycles. The first-order chi connectivity index (χ1) is 8.18. The van der Waals surface area contributed by atoms with E-state index in [0.29, 0.717) is 5.39 Å². The fourth-order valence-electron chi connectivity index (χ4n) is 1.45. The second-order valence-corrected chi connectivity index (χ2v) is 6.35. The zero-order chi connectivity index (χ0) is 13.6. The van der Waals surface area contributed by atoms with Crippen molar-refractivity contribution < 1.29 is 25.9 Å². The van der Waals surface area contributed by atoms with Crippen molar-refractivity contribution in [2.24, 2.45) is 0 Å². The highest BCUT2D eigenvalue weighted by Gasteiger charge is 2.13. The molecule has 2 aromatic rings. The second kappa shape index (κ2) is 4.02. The molecule has 0 amide bonds.